The molecule has 7 nitrogen and oxygen atoms in total. The standard InChI is InChI=1S/C22H23ClN4O3/c1-14-20(15(2)27(26-14)19-10-6-17(23)7-11-19)12-21(28)24-13-16-4-8-18(9-5-16)25-22(29)30-3/h4-11H,12-13H2,1-3H3,(H,24,28)(H,25,29). The number of aryl methyl sites for hydroxylation is 1. The van der Waals surface area contributed by atoms with Crippen LogP contribution in [0.25, 0.3) is 5.69 Å². The average Bonchev–Trinajstić information content (AvgIpc) is 3.02. The molecule has 8 heteroatoms. The zero-order valence-electron chi connectivity index (χ0n) is 17.0. The van der Waals surface area contributed by atoms with Gasteiger partial charge >= 0.3 is 6.09 Å². The molecule has 0 bridgehead atoms. The Morgan fingerprint density at radius 1 is 1.07 bits per heavy atom. The fraction of sp³-hybridized carbons (Fsp3) is 0.227. The second kappa shape index (κ2) is 9.45. The van der Waals surface area contributed by atoms with Gasteiger partial charge in [-0.3, -0.25) is 10.1 Å². The number of hydrogen-bond donors (Lipinski definition) is 2. The molecule has 2 aromatic carbocycles. The molecule has 2 N–H and O–H groups in total. The van der Waals surface area contributed by atoms with Crippen LogP contribution in [-0.2, 0) is 22.5 Å². The smallest absolute Gasteiger partial charge is 0.411 e. The molecule has 1 aromatic heterocycles. The van der Waals surface area contributed by atoms with E-state index in [0.717, 1.165) is 28.2 Å². The molecule has 0 saturated carbocycles. The van der Waals surface area contributed by atoms with E-state index in [1.165, 1.54) is 7.11 Å². The maximum atomic E-state index is 12.5. The molecule has 0 spiro atoms. The van der Waals surface area contributed by atoms with E-state index in [-0.39, 0.29) is 12.3 Å². The van der Waals surface area contributed by atoms with E-state index in [0.29, 0.717) is 17.3 Å². The summed E-state index contributed by atoms with van der Waals surface area (Å²) >= 11 is 5.96. The molecule has 2 amide bonds. The summed E-state index contributed by atoms with van der Waals surface area (Å²) in [5.74, 6) is -0.0892. The lowest BCUT2D eigenvalue weighted by atomic mass is 10.1. The van der Waals surface area contributed by atoms with Gasteiger partial charge in [0, 0.05) is 28.5 Å². The monoisotopic (exact) mass is 426 g/mol. The zero-order chi connectivity index (χ0) is 21.7. The highest BCUT2D eigenvalue weighted by molar-refractivity contribution is 6.30. The second-order valence-corrected chi connectivity index (χ2v) is 7.24. The van der Waals surface area contributed by atoms with Crippen molar-refractivity contribution in [3.63, 3.8) is 0 Å². The van der Waals surface area contributed by atoms with E-state index >= 15 is 0 Å². The van der Waals surface area contributed by atoms with E-state index in [4.69, 9.17) is 11.6 Å². The molecular formula is C22H23ClN4O3. The predicted molar refractivity (Wildman–Crippen MR) is 116 cm³/mol. The van der Waals surface area contributed by atoms with Gasteiger partial charge < -0.3 is 10.1 Å². The van der Waals surface area contributed by atoms with Crippen LogP contribution < -0.4 is 10.6 Å². The van der Waals surface area contributed by atoms with Gasteiger partial charge in [-0.15, -0.1) is 0 Å². The molecule has 156 valence electrons. The molecule has 3 rings (SSSR count). The lowest BCUT2D eigenvalue weighted by Gasteiger charge is -2.08. The summed E-state index contributed by atoms with van der Waals surface area (Å²) in [6.45, 7) is 4.24. The Labute approximate surface area is 180 Å². The predicted octanol–water partition coefficient (Wildman–Crippen LogP) is 4.18. The Morgan fingerprint density at radius 3 is 2.37 bits per heavy atom. The number of carbonyl (C=O) groups excluding carboxylic acids is 2. The van der Waals surface area contributed by atoms with Crippen molar-refractivity contribution in [1.82, 2.24) is 15.1 Å². The van der Waals surface area contributed by atoms with Crippen LogP contribution >= 0.6 is 11.6 Å². The first-order chi connectivity index (χ1) is 14.4. The Hall–Kier alpha value is -3.32. The lowest BCUT2D eigenvalue weighted by Crippen LogP contribution is -2.25. The Balaban J connectivity index is 1.61. The van der Waals surface area contributed by atoms with Gasteiger partial charge in [0.05, 0.1) is 24.9 Å². The number of amides is 2. The third-order valence-electron chi connectivity index (χ3n) is 4.73. The summed E-state index contributed by atoms with van der Waals surface area (Å²) in [6, 6.07) is 14.6. The molecule has 0 radical (unpaired) electrons. The molecule has 0 aliphatic heterocycles. The van der Waals surface area contributed by atoms with E-state index < -0.39 is 6.09 Å². The van der Waals surface area contributed by atoms with Gasteiger partial charge in [-0.2, -0.15) is 5.10 Å². The van der Waals surface area contributed by atoms with Crippen molar-refractivity contribution in [2.75, 3.05) is 12.4 Å². The average molecular weight is 427 g/mol. The van der Waals surface area contributed by atoms with Gasteiger partial charge in [-0.05, 0) is 55.8 Å². The molecule has 0 fully saturated rings. The molecule has 1 heterocycles. The van der Waals surface area contributed by atoms with Crippen LogP contribution in [0.1, 0.15) is 22.5 Å². The Kier molecular flexibility index (Phi) is 6.74. The quantitative estimate of drug-likeness (QED) is 0.619. The van der Waals surface area contributed by atoms with Crippen molar-refractivity contribution in [1.29, 1.82) is 0 Å². The lowest BCUT2D eigenvalue weighted by molar-refractivity contribution is -0.120. The molecular weight excluding hydrogens is 404 g/mol. The SMILES string of the molecule is COC(=O)Nc1ccc(CNC(=O)Cc2c(C)nn(-c3ccc(Cl)cc3)c2C)cc1. The summed E-state index contributed by atoms with van der Waals surface area (Å²) < 4.78 is 6.38. The van der Waals surface area contributed by atoms with Crippen LogP contribution in [0.15, 0.2) is 48.5 Å². The minimum absolute atomic E-state index is 0.0892. The van der Waals surface area contributed by atoms with Crippen LogP contribution in [-0.4, -0.2) is 28.9 Å². The summed E-state index contributed by atoms with van der Waals surface area (Å²) in [7, 11) is 1.31. The number of benzene rings is 2. The van der Waals surface area contributed by atoms with E-state index in [1.807, 2.05) is 54.9 Å². The fourth-order valence-electron chi connectivity index (χ4n) is 3.06. The maximum Gasteiger partial charge on any atom is 0.411 e. The van der Waals surface area contributed by atoms with Gasteiger partial charge in [0.15, 0.2) is 0 Å². The molecule has 0 atom stereocenters. The number of aromatic nitrogens is 2. The summed E-state index contributed by atoms with van der Waals surface area (Å²) in [5.41, 5.74) is 5.08. The first-order valence-electron chi connectivity index (χ1n) is 9.39. The number of nitrogens with zero attached hydrogens (tertiary/aromatic N) is 2. The first-order valence-corrected chi connectivity index (χ1v) is 9.77. The Morgan fingerprint density at radius 2 is 1.73 bits per heavy atom. The number of halogens is 1. The highest BCUT2D eigenvalue weighted by Gasteiger charge is 2.16. The molecule has 0 saturated heterocycles. The topological polar surface area (TPSA) is 85.2 Å². The molecule has 0 unspecified atom stereocenters. The fourth-order valence-corrected chi connectivity index (χ4v) is 3.19. The number of nitrogens with one attached hydrogen (secondary N) is 2. The van der Waals surface area contributed by atoms with Crippen LogP contribution in [0.3, 0.4) is 0 Å². The molecule has 3 aromatic rings. The van der Waals surface area contributed by atoms with Crippen LogP contribution in [0.4, 0.5) is 10.5 Å². The number of anilines is 1. The van der Waals surface area contributed by atoms with Crippen molar-refractivity contribution in [2.45, 2.75) is 26.8 Å². The number of carbonyl (C=O) groups is 2. The Bertz CT molecular complexity index is 1040. The van der Waals surface area contributed by atoms with E-state index in [9.17, 15) is 9.59 Å². The minimum Gasteiger partial charge on any atom is -0.453 e. The minimum atomic E-state index is -0.527. The number of rotatable bonds is 6. The summed E-state index contributed by atoms with van der Waals surface area (Å²) in [5, 5.41) is 10.7. The third-order valence-corrected chi connectivity index (χ3v) is 4.98. The largest absolute Gasteiger partial charge is 0.453 e. The number of ether oxygens (including phenoxy) is 1. The number of hydrogen-bond acceptors (Lipinski definition) is 4. The summed E-state index contributed by atoms with van der Waals surface area (Å²) in [6.07, 6.45) is -0.284. The maximum absolute atomic E-state index is 12.5. The summed E-state index contributed by atoms with van der Waals surface area (Å²) in [4.78, 5) is 23.7. The van der Waals surface area contributed by atoms with Gasteiger partial charge in [0.2, 0.25) is 5.91 Å². The van der Waals surface area contributed by atoms with Crippen molar-refractivity contribution in [2.24, 2.45) is 0 Å². The van der Waals surface area contributed by atoms with Crippen LogP contribution in [0.2, 0.25) is 5.02 Å². The highest BCUT2D eigenvalue weighted by atomic mass is 35.5. The second-order valence-electron chi connectivity index (χ2n) is 6.80. The van der Waals surface area contributed by atoms with Crippen LogP contribution in [0.5, 0.6) is 0 Å². The van der Waals surface area contributed by atoms with Crippen molar-refractivity contribution < 1.29 is 14.3 Å². The molecule has 0 aliphatic rings. The molecule has 0 aliphatic carbocycles. The van der Waals surface area contributed by atoms with Crippen molar-refractivity contribution >= 4 is 29.3 Å². The van der Waals surface area contributed by atoms with Crippen LogP contribution in [0, 0.1) is 13.8 Å². The van der Waals surface area contributed by atoms with Gasteiger partial charge in [0.25, 0.3) is 0 Å². The highest BCUT2D eigenvalue weighted by Crippen LogP contribution is 2.20. The van der Waals surface area contributed by atoms with Gasteiger partial charge in [-0.25, -0.2) is 9.48 Å². The van der Waals surface area contributed by atoms with Gasteiger partial charge in [-0.1, -0.05) is 23.7 Å². The number of methoxy groups -OCH3 is 1. The van der Waals surface area contributed by atoms with E-state index in [1.54, 1.807) is 12.1 Å². The van der Waals surface area contributed by atoms with Crippen molar-refractivity contribution in [3.05, 3.63) is 76.1 Å². The third kappa shape index (κ3) is 5.18. The zero-order valence-corrected chi connectivity index (χ0v) is 17.8. The first kappa shape index (κ1) is 21.4. The molecule has 30 heavy (non-hydrogen) atoms. The van der Waals surface area contributed by atoms with Gasteiger partial charge in [0.1, 0.15) is 0 Å². The van der Waals surface area contributed by atoms with Crippen molar-refractivity contribution in [3.8, 4) is 5.69 Å². The van der Waals surface area contributed by atoms with E-state index in [2.05, 4.69) is 20.5 Å². The normalized spacial score (nSPS) is 10.5.